The van der Waals surface area contributed by atoms with Crippen LogP contribution in [0, 0.1) is 0 Å². The molecule has 0 spiro atoms. The zero-order chi connectivity index (χ0) is 12.5. The topological polar surface area (TPSA) is 76.7 Å². The van der Waals surface area contributed by atoms with Gasteiger partial charge in [0.05, 0.1) is 0 Å². The monoisotopic (exact) mass is 257 g/mol. The smallest absolute Gasteiger partial charge is 0.228 e. The summed E-state index contributed by atoms with van der Waals surface area (Å²) in [7, 11) is 0. The van der Waals surface area contributed by atoms with E-state index in [0.717, 1.165) is 13.0 Å². The van der Waals surface area contributed by atoms with Gasteiger partial charge in [-0.25, -0.2) is 0 Å². The Morgan fingerprint density at radius 1 is 1.06 bits per heavy atom. The van der Waals surface area contributed by atoms with Gasteiger partial charge in [0.15, 0.2) is 0 Å². The van der Waals surface area contributed by atoms with E-state index in [1.807, 2.05) is 0 Å². The number of nitrogens with zero attached hydrogens (tertiary/aromatic N) is 3. The molecule has 0 atom stereocenters. The van der Waals surface area contributed by atoms with Gasteiger partial charge in [-0.1, -0.05) is 39.0 Å². The predicted octanol–water partition coefficient (Wildman–Crippen LogP) is 2.88. The Morgan fingerprint density at radius 3 is 2.47 bits per heavy atom. The van der Waals surface area contributed by atoms with Gasteiger partial charge in [-0.3, -0.25) is 0 Å². The van der Waals surface area contributed by atoms with E-state index in [2.05, 4.69) is 27.2 Å². The van der Waals surface area contributed by atoms with Crippen LogP contribution in [0.1, 0.15) is 45.4 Å². The Labute approximate surface area is 107 Å². The van der Waals surface area contributed by atoms with E-state index in [1.165, 1.54) is 32.1 Å². The maximum absolute atomic E-state index is 5.67. The molecule has 3 N–H and O–H groups in total. The Balaban J connectivity index is 2.13. The minimum Gasteiger partial charge on any atom is -0.368 e. The maximum Gasteiger partial charge on any atom is 0.228 e. The summed E-state index contributed by atoms with van der Waals surface area (Å²) >= 11 is 5.67. The van der Waals surface area contributed by atoms with Crippen molar-refractivity contribution in [1.82, 2.24) is 15.0 Å². The van der Waals surface area contributed by atoms with E-state index in [9.17, 15) is 0 Å². The number of nitrogens with one attached hydrogen (secondary N) is 1. The molecule has 0 amide bonds. The van der Waals surface area contributed by atoms with Crippen LogP contribution in [0.25, 0.3) is 0 Å². The first-order chi connectivity index (χ1) is 8.22. The van der Waals surface area contributed by atoms with Crippen molar-refractivity contribution in [3.05, 3.63) is 5.28 Å². The van der Waals surface area contributed by atoms with Crippen LogP contribution in [0.3, 0.4) is 0 Å². The first kappa shape index (κ1) is 14.0. The molecule has 1 rings (SSSR count). The van der Waals surface area contributed by atoms with Gasteiger partial charge in [-0.05, 0) is 18.0 Å². The first-order valence-corrected chi connectivity index (χ1v) is 6.51. The van der Waals surface area contributed by atoms with Crippen LogP contribution in [0.2, 0.25) is 5.28 Å². The van der Waals surface area contributed by atoms with Crippen LogP contribution >= 0.6 is 11.6 Å². The van der Waals surface area contributed by atoms with Crippen molar-refractivity contribution in [3.8, 4) is 0 Å². The summed E-state index contributed by atoms with van der Waals surface area (Å²) in [5, 5.41) is 3.22. The van der Waals surface area contributed by atoms with Crippen LogP contribution in [-0.4, -0.2) is 21.5 Å². The second kappa shape index (κ2) is 8.06. The molecule has 0 saturated carbocycles. The number of rotatable bonds is 8. The van der Waals surface area contributed by atoms with E-state index < -0.39 is 0 Å². The van der Waals surface area contributed by atoms with Crippen LogP contribution in [-0.2, 0) is 0 Å². The molecule has 96 valence electrons. The minimum atomic E-state index is 0.128. The molecule has 17 heavy (non-hydrogen) atoms. The summed E-state index contributed by atoms with van der Waals surface area (Å²) in [6.45, 7) is 3.06. The van der Waals surface area contributed by atoms with Crippen LogP contribution in [0.5, 0.6) is 0 Å². The normalized spacial score (nSPS) is 10.5. The lowest BCUT2D eigenvalue weighted by Crippen LogP contribution is -2.08. The Kier molecular flexibility index (Phi) is 6.62. The minimum absolute atomic E-state index is 0.128. The van der Waals surface area contributed by atoms with E-state index >= 15 is 0 Å². The summed E-state index contributed by atoms with van der Waals surface area (Å²) in [6, 6.07) is 0. The molecule has 1 aromatic rings. The second-order valence-corrected chi connectivity index (χ2v) is 4.32. The van der Waals surface area contributed by atoms with Crippen molar-refractivity contribution in [2.45, 2.75) is 45.4 Å². The Hall–Kier alpha value is -1.10. The number of unbranched alkanes of at least 4 members (excludes halogenated alkanes) is 5. The van der Waals surface area contributed by atoms with Crippen molar-refractivity contribution in [1.29, 1.82) is 0 Å². The molecule has 0 aromatic carbocycles. The molecule has 1 heterocycles. The molecule has 0 aliphatic carbocycles. The molecule has 1 aromatic heterocycles. The number of aromatic nitrogens is 3. The van der Waals surface area contributed by atoms with Gasteiger partial charge < -0.3 is 11.1 Å². The average molecular weight is 258 g/mol. The third kappa shape index (κ3) is 6.26. The molecule has 5 nitrogen and oxygen atoms in total. The standard InChI is InChI=1S/C11H20ClN5/c1-2-3-4-5-6-7-8-14-11-16-9(12)15-10(13)17-11/h2-8H2,1H3,(H3,13,14,15,16,17). The number of hydrogen-bond donors (Lipinski definition) is 2. The van der Waals surface area contributed by atoms with E-state index in [4.69, 9.17) is 17.3 Å². The van der Waals surface area contributed by atoms with E-state index in [0.29, 0.717) is 5.95 Å². The lowest BCUT2D eigenvalue weighted by Gasteiger charge is -2.05. The highest BCUT2D eigenvalue weighted by molar-refractivity contribution is 6.28. The average Bonchev–Trinajstić information content (AvgIpc) is 2.26. The van der Waals surface area contributed by atoms with Gasteiger partial charge >= 0.3 is 0 Å². The van der Waals surface area contributed by atoms with E-state index in [1.54, 1.807) is 0 Å². The quantitative estimate of drug-likeness (QED) is 0.701. The maximum atomic E-state index is 5.67. The van der Waals surface area contributed by atoms with Crippen molar-refractivity contribution < 1.29 is 0 Å². The highest BCUT2D eigenvalue weighted by atomic mass is 35.5. The van der Waals surface area contributed by atoms with Gasteiger partial charge in [-0.2, -0.15) is 15.0 Å². The molecule has 0 bridgehead atoms. The van der Waals surface area contributed by atoms with Crippen molar-refractivity contribution >= 4 is 23.5 Å². The summed E-state index contributed by atoms with van der Waals surface area (Å²) < 4.78 is 0. The fourth-order valence-corrected chi connectivity index (χ4v) is 1.72. The SMILES string of the molecule is CCCCCCCCNc1nc(N)nc(Cl)n1. The molecule has 6 heteroatoms. The Bertz CT molecular complexity index is 311. The van der Waals surface area contributed by atoms with Crippen molar-refractivity contribution in [2.24, 2.45) is 0 Å². The second-order valence-electron chi connectivity index (χ2n) is 3.98. The third-order valence-corrected chi connectivity index (χ3v) is 2.61. The highest BCUT2D eigenvalue weighted by Crippen LogP contribution is 2.08. The third-order valence-electron chi connectivity index (χ3n) is 2.44. The zero-order valence-electron chi connectivity index (χ0n) is 10.2. The first-order valence-electron chi connectivity index (χ1n) is 6.13. The van der Waals surface area contributed by atoms with Crippen LogP contribution in [0.4, 0.5) is 11.9 Å². The van der Waals surface area contributed by atoms with Gasteiger partial charge in [0.2, 0.25) is 17.2 Å². The predicted molar refractivity (Wildman–Crippen MR) is 71.1 cm³/mol. The number of nitrogens with two attached hydrogens (primary N) is 1. The Morgan fingerprint density at radius 2 is 1.76 bits per heavy atom. The summed E-state index contributed by atoms with van der Waals surface area (Å²) in [5.41, 5.74) is 5.46. The van der Waals surface area contributed by atoms with Gasteiger partial charge in [0.1, 0.15) is 0 Å². The number of halogens is 1. The zero-order valence-corrected chi connectivity index (χ0v) is 11.0. The lowest BCUT2D eigenvalue weighted by atomic mass is 10.1. The van der Waals surface area contributed by atoms with Gasteiger partial charge in [-0.15, -0.1) is 0 Å². The largest absolute Gasteiger partial charge is 0.368 e. The number of hydrogen-bond acceptors (Lipinski definition) is 5. The highest BCUT2D eigenvalue weighted by Gasteiger charge is 2.00. The summed E-state index contributed by atoms with van der Waals surface area (Å²) in [5.74, 6) is 0.603. The molecule has 0 unspecified atom stereocenters. The number of nitrogen functional groups attached to an aromatic ring is 1. The molecule has 0 aliphatic heterocycles. The van der Waals surface area contributed by atoms with Crippen LogP contribution < -0.4 is 11.1 Å². The molecular formula is C11H20ClN5. The van der Waals surface area contributed by atoms with Crippen molar-refractivity contribution in [3.63, 3.8) is 0 Å². The van der Waals surface area contributed by atoms with Crippen LogP contribution in [0.15, 0.2) is 0 Å². The molecular weight excluding hydrogens is 238 g/mol. The van der Waals surface area contributed by atoms with Gasteiger partial charge in [0.25, 0.3) is 0 Å². The van der Waals surface area contributed by atoms with Crippen molar-refractivity contribution in [2.75, 3.05) is 17.6 Å². The molecule has 0 aliphatic rings. The summed E-state index contributed by atoms with van der Waals surface area (Å²) in [4.78, 5) is 11.6. The summed E-state index contributed by atoms with van der Waals surface area (Å²) in [6.07, 6.45) is 7.54. The molecule has 0 fully saturated rings. The van der Waals surface area contributed by atoms with E-state index in [-0.39, 0.29) is 11.2 Å². The molecule has 0 radical (unpaired) electrons. The van der Waals surface area contributed by atoms with Gasteiger partial charge in [0, 0.05) is 6.54 Å². The number of anilines is 2. The fourth-order valence-electron chi connectivity index (χ4n) is 1.55. The fraction of sp³-hybridized carbons (Fsp3) is 0.727. The molecule has 0 saturated heterocycles. The lowest BCUT2D eigenvalue weighted by molar-refractivity contribution is 0.616.